The Kier molecular flexibility index (Phi) is 4.62. The van der Waals surface area contributed by atoms with Crippen LogP contribution in [0.15, 0.2) is 12.1 Å². The van der Waals surface area contributed by atoms with Gasteiger partial charge in [0.2, 0.25) is 0 Å². The number of carbonyl (C=O) groups is 1. The zero-order valence-corrected chi connectivity index (χ0v) is 11.1. The Morgan fingerprint density at radius 2 is 2.06 bits per heavy atom. The first kappa shape index (κ1) is 13.6. The summed E-state index contributed by atoms with van der Waals surface area (Å²) in [7, 11) is 1.26. The maximum atomic E-state index is 11.2. The molecule has 0 aromatic heterocycles. The normalized spacial score (nSPS) is 10.1. The highest BCUT2D eigenvalue weighted by Gasteiger charge is 2.21. The molecule has 92 valence electrons. The lowest BCUT2D eigenvalue weighted by molar-refractivity contribution is -0.386. The number of rotatable bonds is 4. The van der Waals surface area contributed by atoms with Crippen LogP contribution in [0.4, 0.5) is 5.69 Å². The Balaban J connectivity index is 3.30. The minimum Gasteiger partial charge on any atom is -0.469 e. The first-order valence-corrected chi connectivity index (χ1v) is 6.01. The van der Waals surface area contributed by atoms with Crippen molar-refractivity contribution in [3.05, 3.63) is 38.9 Å². The lowest BCUT2D eigenvalue weighted by Crippen LogP contribution is -2.08. The van der Waals surface area contributed by atoms with Crippen molar-refractivity contribution in [2.75, 3.05) is 7.11 Å². The maximum Gasteiger partial charge on any atom is 0.310 e. The Morgan fingerprint density at radius 3 is 2.53 bits per heavy atom. The summed E-state index contributed by atoms with van der Waals surface area (Å²) in [6.45, 7) is 1.83. The molecule has 0 aliphatic heterocycles. The number of hydrogen-bond acceptors (Lipinski definition) is 4. The van der Waals surface area contributed by atoms with E-state index in [9.17, 15) is 14.9 Å². The van der Waals surface area contributed by atoms with Crippen molar-refractivity contribution in [3.63, 3.8) is 0 Å². The molecule has 0 fully saturated rings. The van der Waals surface area contributed by atoms with Gasteiger partial charge in [0.1, 0.15) is 0 Å². The average Bonchev–Trinajstić information content (AvgIpc) is 2.27. The van der Waals surface area contributed by atoms with Crippen LogP contribution in [0.2, 0.25) is 0 Å². The second-order valence-electron chi connectivity index (χ2n) is 3.58. The predicted molar refractivity (Wildman–Crippen MR) is 66.2 cm³/mol. The number of alkyl halides is 1. The molecule has 0 saturated heterocycles. The van der Waals surface area contributed by atoms with Crippen LogP contribution in [0.5, 0.6) is 0 Å². The highest BCUT2D eigenvalue weighted by Crippen LogP contribution is 2.28. The quantitative estimate of drug-likeness (QED) is 0.371. The summed E-state index contributed by atoms with van der Waals surface area (Å²) >= 11 is 3.21. The average molecular weight is 302 g/mol. The Labute approximate surface area is 107 Å². The van der Waals surface area contributed by atoms with E-state index in [-0.39, 0.29) is 12.1 Å². The van der Waals surface area contributed by atoms with Crippen molar-refractivity contribution in [1.82, 2.24) is 0 Å². The van der Waals surface area contributed by atoms with Gasteiger partial charge in [-0.2, -0.15) is 0 Å². The third-order valence-electron chi connectivity index (χ3n) is 2.30. The molecule has 1 aromatic carbocycles. The maximum absolute atomic E-state index is 11.2. The lowest BCUT2D eigenvalue weighted by Gasteiger charge is -2.07. The number of ether oxygens (including phenoxy) is 1. The molecule has 0 bridgehead atoms. The molecule has 0 radical (unpaired) electrons. The topological polar surface area (TPSA) is 69.4 Å². The molecule has 6 heteroatoms. The predicted octanol–water partition coefficient (Wildman–Crippen LogP) is 2.51. The van der Waals surface area contributed by atoms with E-state index < -0.39 is 10.9 Å². The smallest absolute Gasteiger partial charge is 0.310 e. The molecule has 5 nitrogen and oxygen atoms in total. The zero-order valence-electron chi connectivity index (χ0n) is 9.53. The molecule has 0 amide bonds. The van der Waals surface area contributed by atoms with Crippen molar-refractivity contribution in [2.45, 2.75) is 18.7 Å². The molecule has 0 aliphatic carbocycles. The van der Waals surface area contributed by atoms with Crippen LogP contribution in [-0.4, -0.2) is 18.0 Å². The second-order valence-corrected chi connectivity index (χ2v) is 4.14. The monoisotopic (exact) mass is 301 g/mol. The van der Waals surface area contributed by atoms with Gasteiger partial charge in [0.05, 0.1) is 18.5 Å². The fourth-order valence-corrected chi connectivity index (χ4v) is 2.06. The van der Waals surface area contributed by atoms with E-state index in [0.717, 1.165) is 5.56 Å². The summed E-state index contributed by atoms with van der Waals surface area (Å²) in [5, 5.41) is 11.4. The number of benzene rings is 1. The molecule has 0 atom stereocenters. The number of methoxy groups -OCH3 is 1. The van der Waals surface area contributed by atoms with Gasteiger partial charge in [-0.25, -0.2) is 0 Å². The van der Waals surface area contributed by atoms with Gasteiger partial charge >= 0.3 is 5.97 Å². The summed E-state index contributed by atoms with van der Waals surface area (Å²) in [5.41, 5.74) is 1.81. The van der Waals surface area contributed by atoms with Gasteiger partial charge in [-0.05, 0) is 19.1 Å². The summed E-state index contributed by atoms with van der Waals surface area (Å²) in [6, 6.07) is 3.37. The van der Waals surface area contributed by atoms with E-state index in [0.29, 0.717) is 16.5 Å². The van der Waals surface area contributed by atoms with Crippen molar-refractivity contribution in [1.29, 1.82) is 0 Å². The molecular weight excluding hydrogens is 290 g/mol. The fourth-order valence-electron chi connectivity index (χ4n) is 1.63. The van der Waals surface area contributed by atoms with Crippen molar-refractivity contribution >= 4 is 27.6 Å². The van der Waals surface area contributed by atoms with Gasteiger partial charge in [0, 0.05) is 16.5 Å². The van der Waals surface area contributed by atoms with Gasteiger partial charge in [-0.15, -0.1) is 0 Å². The van der Waals surface area contributed by atoms with E-state index in [1.165, 1.54) is 7.11 Å². The number of nitro groups is 1. The summed E-state index contributed by atoms with van der Waals surface area (Å²) in [4.78, 5) is 21.8. The van der Waals surface area contributed by atoms with E-state index >= 15 is 0 Å². The summed E-state index contributed by atoms with van der Waals surface area (Å²) in [5.74, 6) is -0.487. The SMILES string of the molecule is COC(=O)Cc1cc(C)cc(CBr)c1[N+](=O)[O-]. The van der Waals surface area contributed by atoms with Gasteiger partial charge in [0.25, 0.3) is 5.69 Å². The van der Waals surface area contributed by atoms with Crippen LogP contribution < -0.4 is 0 Å². The van der Waals surface area contributed by atoms with Crippen molar-refractivity contribution < 1.29 is 14.5 Å². The molecule has 0 heterocycles. The third kappa shape index (κ3) is 3.26. The van der Waals surface area contributed by atoms with Crippen LogP contribution in [0.25, 0.3) is 0 Å². The van der Waals surface area contributed by atoms with E-state index in [1.54, 1.807) is 12.1 Å². The first-order chi connectivity index (χ1) is 7.99. The Bertz CT molecular complexity index is 459. The first-order valence-electron chi connectivity index (χ1n) is 4.89. The Hall–Kier alpha value is -1.43. The summed E-state index contributed by atoms with van der Waals surface area (Å²) in [6.07, 6.45) is -0.0888. The minimum atomic E-state index is -0.487. The van der Waals surface area contributed by atoms with E-state index in [4.69, 9.17) is 0 Å². The van der Waals surface area contributed by atoms with Gasteiger partial charge in [0.15, 0.2) is 0 Å². The molecule has 0 unspecified atom stereocenters. The van der Waals surface area contributed by atoms with Crippen molar-refractivity contribution in [2.24, 2.45) is 0 Å². The van der Waals surface area contributed by atoms with Crippen molar-refractivity contribution in [3.8, 4) is 0 Å². The van der Waals surface area contributed by atoms with Gasteiger partial charge in [-0.1, -0.05) is 21.5 Å². The number of carbonyl (C=O) groups excluding carboxylic acids is 1. The van der Waals surface area contributed by atoms with Crippen LogP contribution in [0, 0.1) is 17.0 Å². The number of hydrogen-bond donors (Lipinski definition) is 0. The van der Waals surface area contributed by atoms with E-state index in [1.807, 2.05) is 6.92 Å². The molecule has 0 N–H and O–H groups in total. The van der Waals surface area contributed by atoms with Crippen LogP contribution >= 0.6 is 15.9 Å². The molecular formula is C11H12BrNO4. The second kappa shape index (κ2) is 5.77. The molecule has 1 aromatic rings. The number of esters is 1. The Morgan fingerprint density at radius 1 is 1.47 bits per heavy atom. The fraction of sp³-hybridized carbons (Fsp3) is 0.364. The molecule has 0 saturated carbocycles. The summed E-state index contributed by atoms with van der Waals surface area (Å²) < 4.78 is 4.53. The minimum absolute atomic E-state index is 0.0159. The highest BCUT2D eigenvalue weighted by atomic mass is 79.9. The van der Waals surface area contributed by atoms with Gasteiger partial charge < -0.3 is 4.74 Å². The molecule has 0 spiro atoms. The number of nitrogens with zero attached hydrogens (tertiary/aromatic N) is 1. The zero-order chi connectivity index (χ0) is 13.0. The van der Waals surface area contributed by atoms with Gasteiger partial charge in [-0.3, -0.25) is 14.9 Å². The van der Waals surface area contributed by atoms with Crippen LogP contribution in [0.3, 0.4) is 0 Å². The van der Waals surface area contributed by atoms with Crippen LogP contribution in [-0.2, 0) is 21.3 Å². The van der Waals surface area contributed by atoms with E-state index in [2.05, 4.69) is 20.7 Å². The lowest BCUT2D eigenvalue weighted by atomic mass is 10.0. The third-order valence-corrected chi connectivity index (χ3v) is 2.91. The van der Waals surface area contributed by atoms with Crippen LogP contribution in [0.1, 0.15) is 16.7 Å². The highest BCUT2D eigenvalue weighted by molar-refractivity contribution is 9.08. The largest absolute Gasteiger partial charge is 0.469 e. The number of aryl methyl sites for hydroxylation is 1. The number of nitro benzene ring substituents is 1. The number of halogens is 1. The molecule has 17 heavy (non-hydrogen) atoms. The molecule has 0 aliphatic rings. The standard InChI is InChI=1S/C11H12BrNO4/c1-7-3-8(5-10(14)17-2)11(13(15)16)9(4-7)6-12/h3-4H,5-6H2,1-2H3. The molecule has 1 rings (SSSR count).